The molecule has 2 rings (SSSR count). The van der Waals surface area contributed by atoms with E-state index in [-0.39, 0.29) is 0 Å². The smallest absolute Gasteiger partial charge is 0.264 e. The predicted octanol–water partition coefficient (Wildman–Crippen LogP) is 2.54. The monoisotopic (exact) mass is 249 g/mol. The second-order valence-corrected chi connectivity index (χ2v) is 5.82. The highest BCUT2D eigenvalue weighted by Gasteiger charge is 2.29. The van der Waals surface area contributed by atoms with Crippen LogP contribution in [0, 0.1) is 0 Å². The highest BCUT2D eigenvalue weighted by atomic mass is 32.2. The van der Waals surface area contributed by atoms with Crippen LogP contribution in [0.5, 0.6) is 0 Å². The molecule has 1 aliphatic heterocycles. The third-order valence-corrected chi connectivity index (χ3v) is 4.91. The summed E-state index contributed by atoms with van der Waals surface area (Å²) in [4.78, 5) is 0.338. The van der Waals surface area contributed by atoms with Gasteiger partial charge in [-0.2, -0.15) is 0 Å². The molecule has 0 spiro atoms. The second kappa shape index (κ2) is 4.37. The van der Waals surface area contributed by atoms with Crippen molar-refractivity contribution in [1.29, 1.82) is 0 Å². The molecule has 3 nitrogen and oxygen atoms in total. The van der Waals surface area contributed by atoms with Gasteiger partial charge in [0.15, 0.2) is 0 Å². The Morgan fingerprint density at radius 2 is 1.94 bits per heavy atom. The molecule has 0 amide bonds. The van der Waals surface area contributed by atoms with E-state index in [1.54, 1.807) is 36.4 Å². The normalized spacial score (nSPS) is 16.4. The summed E-state index contributed by atoms with van der Waals surface area (Å²) in [7, 11) is -3.40. The minimum absolute atomic E-state index is 0.338. The van der Waals surface area contributed by atoms with Crippen LogP contribution in [0.15, 0.2) is 59.2 Å². The van der Waals surface area contributed by atoms with Crippen LogP contribution in [0.3, 0.4) is 0 Å². The molecule has 0 bridgehead atoms. The van der Waals surface area contributed by atoms with Gasteiger partial charge in [-0.3, -0.25) is 4.31 Å². The molecule has 0 saturated heterocycles. The number of rotatable bonds is 3. The first kappa shape index (κ1) is 11.9. The van der Waals surface area contributed by atoms with Crippen LogP contribution in [0.4, 0.5) is 0 Å². The molecule has 0 radical (unpaired) electrons. The van der Waals surface area contributed by atoms with Crippen molar-refractivity contribution in [1.82, 2.24) is 4.31 Å². The molecule has 1 heterocycles. The van der Waals surface area contributed by atoms with Crippen LogP contribution >= 0.6 is 0 Å². The van der Waals surface area contributed by atoms with E-state index in [9.17, 15) is 8.42 Å². The zero-order valence-corrected chi connectivity index (χ0v) is 10.6. The molecule has 4 heteroatoms. The quantitative estimate of drug-likeness (QED) is 0.825. The summed E-state index contributed by atoms with van der Waals surface area (Å²) < 4.78 is 26.2. The fraction of sp³-hybridized carbons (Fsp3) is 0.231. The third kappa shape index (κ3) is 2.00. The van der Waals surface area contributed by atoms with Crippen molar-refractivity contribution in [2.75, 3.05) is 6.54 Å². The van der Waals surface area contributed by atoms with Gasteiger partial charge < -0.3 is 0 Å². The average Bonchev–Trinajstić information content (AvgIpc) is 2.72. The summed E-state index contributed by atoms with van der Waals surface area (Å²) in [5.74, 6) is 0. The summed E-state index contributed by atoms with van der Waals surface area (Å²) in [5.41, 5.74) is 1.79. The van der Waals surface area contributed by atoms with Crippen LogP contribution in [0.2, 0.25) is 0 Å². The van der Waals surface area contributed by atoms with E-state index < -0.39 is 10.0 Å². The van der Waals surface area contributed by atoms with Crippen LogP contribution < -0.4 is 0 Å². The maximum Gasteiger partial charge on any atom is 0.264 e. The lowest BCUT2D eigenvalue weighted by Crippen LogP contribution is -2.27. The van der Waals surface area contributed by atoms with E-state index >= 15 is 0 Å². The van der Waals surface area contributed by atoms with Gasteiger partial charge in [0, 0.05) is 12.2 Å². The largest absolute Gasteiger partial charge is 0.270 e. The maximum absolute atomic E-state index is 12.4. The van der Waals surface area contributed by atoms with Gasteiger partial charge in [-0.1, -0.05) is 30.9 Å². The first-order valence-electron chi connectivity index (χ1n) is 5.47. The van der Waals surface area contributed by atoms with Crippen molar-refractivity contribution in [3.8, 4) is 0 Å². The third-order valence-electron chi connectivity index (χ3n) is 3.00. The Morgan fingerprint density at radius 3 is 2.47 bits per heavy atom. The Bertz CT molecular complexity index is 558. The molecule has 0 fully saturated rings. The number of benzene rings is 1. The van der Waals surface area contributed by atoms with Crippen molar-refractivity contribution in [3.63, 3.8) is 0 Å². The van der Waals surface area contributed by atoms with Crippen LogP contribution in [-0.2, 0) is 10.0 Å². The number of hydrogen-bond acceptors (Lipinski definition) is 2. The van der Waals surface area contributed by atoms with E-state index in [0.29, 0.717) is 11.4 Å². The molecule has 0 unspecified atom stereocenters. The lowest BCUT2D eigenvalue weighted by Gasteiger charge is -2.20. The SMILES string of the molecule is C=CC1=C(C)N(S(=O)(=O)c2ccccc2)CC1. The second-order valence-electron chi connectivity index (χ2n) is 3.95. The van der Waals surface area contributed by atoms with Crippen molar-refractivity contribution in [2.24, 2.45) is 0 Å². The van der Waals surface area contributed by atoms with Crippen LogP contribution in [-0.4, -0.2) is 19.3 Å². The van der Waals surface area contributed by atoms with Gasteiger partial charge in [-0.05, 0) is 31.1 Å². The van der Waals surface area contributed by atoms with E-state index in [0.717, 1.165) is 17.7 Å². The minimum Gasteiger partial charge on any atom is -0.270 e. The standard InChI is InChI=1S/C13H15NO2S/c1-3-12-9-10-14(11(12)2)17(15,16)13-7-5-4-6-8-13/h3-8H,1,9-10H2,2H3. The Balaban J connectivity index is 2.43. The Labute approximate surface area is 102 Å². The molecular weight excluding hydrogens is 234 g/mol. The molecule has 1 aromatic carbocycles. The zero-order chi connectivity index (χ0) is 12.5. The molecule has 0 aromatic heterocycles. The number of allylic oxidation sites excluding steroid dienone is 2. The highest BCUT2D eigenvalue weighted by Crippen LogP contribution is 2.29. The summed E-state index contributed by atoms with van der Waals surface area (Å²) in [6.07, 6.45) is 2.47. The molecular formula is C13H15NO2S. The van der Waals surface area contributed by atoms with E-state index in [4.69, 9.17) is 0 Å². The average molecular weight is 249 g/mol. The van der Waals surface area contributed by atoms with Gasteiger partial charge in [-0.25, -0.2) is 8.42 Å². The molecule has 0 saturated carbocycles. The van der Waals surface area contributed by atoms with Gasteiger partial charge in [0.25, 0.3) is 10.0 Å². The van der Waals surface area contributed by atoms with Crippen molar-refractivity contribution >= 4 is 10.0 Å². The predicted molar refractivity (Wildman–Crippen MR) is 67.8 cm³/mol. The molecule has 17 heavy (non-hydrogen) atoms. The van der Waals surface area contributed by atoms with Crippen molar-refractivity contribution in [2.45, 2.75) is 18.2 Å². The van der Waals surface area contributed by atoms with Crippen molar-refractivity contribution in [3.05, 3.63) is 54.3 Å². The van der Waals surface area contributed by atoms with Gasteiger partial charge in [0.2, 0.25) is 0 Å². The molecule has 0 atom stereocenters. The Kier molecular flexibility index (Phi) is 3.07. The van der Waals surface area contributed by atoms with Gasteiger partial charge in [0.05, 0.1) is 4.90 Å². The van der Waals surface area contributed by atoms with Gasteiger partial charge in [0.1, 0.15) is 0 Å². The first-order valence-corrected chi connectivity index (χ1v) is 6.91. The van der Waals surface area contributed by atoms with Crippen molar-refractivity contribution < 1.29 is 8.42 Å². The maximum atomic E-state index is 12.4. The molecule has 0 N–H and O–H groups in total. The lowest BCUT2D eigenvalue weighted by atomic mass is 10.2. The summed E-state index contributed by atoms with van der Waals surface area (Å²) in [6.45, 7) is 6.03. The number of hydrogen-bond donors (Lipinski definition) is 0. The number of sulfonamides is 1. The molecule has 0 aliphatic carbocycles. The zero-order valence-electron chi connectivity index (χ0n) is 9.76. The molecule has 90 valence electrons. The summed E-state index contributed by atoms with van der Waals surface area (Å²) >= 11 is 0. The van der Waals surface area contributed by atoms with E-state index in [1.165, 1.54) is 4.31 Å². The molecule has 1 aromatic rings. The Hall–Kier alpha value is -1.55. The Morgan fingerprint density at radius 1 is 1.29 bits per heavy atom. The summed E-state index contributed by atoms with van der Waals surface area (Å²) in [5, 5.41) is 0. The molecule has 1 aliphatic rings. The van der Waals surface area contributed by atoms with Gasteiger partial charge in [-0.15, -0.1) is 0 Å². The fourth-order valence-corrected chi connectivity index (χ4v) is 3.57. The minimum atomic E-state index is -3.40. The van der Waals surface area contributed by atoms with Gasteiger partial charge >= 0.3 is 0 Å². The van der Waals surface area contributed by atoms with E-state index in [2.05, 4.69) is 6.58 Å². The fourth-order valence-electron chi connectivity index (χ4n) is 2.00. The topological polar surface area (TPSA) is 37.4 Å². The lowest BCUT2D eigenvalue weighted by molar-refractivity contribution is 0.500. The summed E-state index contributed by atoms with van der Waals surface area (Å²) in [6, 6.07) is 8.51. The van der Waals surface area contributed by atoms with Crippen LogP contribution in [0.25, 0.3) is 0 Å². The highest BCUT2D eigenvalue weighted by molar-refractivity contribution is 7.89. The first-order chi connectivity index (χ1) is 8.07. The van der Waals surface area contributed by atoms with Crippen LogP contribution in [0.1, 0.15) is 13.3 Å². The number of nitrogens with zero attached hydrogens (tertiary/aromatic N) is 1. The van der Waals surface area contributed by atoms with E-state index in [1.807, 2.05) is 6.92 Å².